The Morgan fingerprint density at radius 3 is 2.72 bits per heavy atom. The van der Waals surface area contributed by atoms with E-state index in [1.165, 1.54) is 17.5 Å². The molecule has 0 saturated heterocycles. The lowest BCUT2D eigenvalue weighted by Gasteiger charge is -2.12. The van der Waals surface area contributed by atoms with Gasteiger partial charge in [0, 0.05) is 19.2 Å². The number of nitrogens with one attached hydrogen (secondary N) is 2. The summed E-state index contributed by atoms with van der Waals surface area (Å²) in [5, 5.41) is 23.6. The van der Waals surface area contributed by atoms with Crippen molar-refractivity contribution < 1.29 is 9.90 Å². The van der Waals surface area contributed by atoms with Gasteiger partial charge in [-0.3, -0.25) is 10.1 Å². The summed E-state index contributed by atoms with van der Waals surface area (Å²) in [6.45, 7) is 0.373. The smallest absolute Gasteiger partial charge is 0.259 e. The van der Waals surface area contributed by atoms with Gasteiger partial charge in [0.25, 0.3) is 5.91 Å². The van der Waals surface area contributed by atoms with Crippen molar-refractivity contribution in [2.24, 2.45) is 0 Å². The molecule has 0 aliphatic carbocycles. The molecule has 8 heteroatoms. The van der Waals surface area contributed by atoms with Gasteiger partial charge in [0.15, 0.2) is 0 Å². The minimum Gasteiger partial charge on any atom is -0.391 e. The van der Waals surface area contributed by atoms with E-state index < -0.39 is 6.10 Å². The Kier molecular flexibility index (Phi) is 5.65. The van der Waals surface area contributed by atoms with E-state index in [4.69, 9.17) is 0 Å². The van der Waals surface area contributed by atoms with Gasteiger partial charge in [0.05, 0.1) is 11.7 Å². The number of carbonyl (C=O) groups is 1. The van der Waals surface area contributed by atoms with Crippen LogP contribution < -0.4 is 10.6 Å². The Bertz CT molecular complexity index is 794. The quantitative estimate of drug-likeness (QED) is 0.601. The Morgan fingerprint density at radius 1 is 1.20 bits per heavy atom. The average Bonchev–Trinajstić information content (AvgIpc) is 3.14. The van der Waals surface area contributed by atoms with Gasteiger partial charge in [-0.05, 0) is 17.7 Å². The maximum atomic E-state index is 12.0. The molecule has 0 spiro atoms. The van der Waals surface area contributed by atoms with E-state index in [-0.39, 0.29) is 5.91 Å². The first-order chi connectivity index (χ1) is 12.2. The third-order valence-corrected chi connectivity index (χ3v) is 4.05. The predicted octanol–water partition coefficient (Wildman–Crippen LogP) is 2.20. The Balaban J connectivity index is 1.49. The lowest BCUT2D eigenvalue weighted by atomic mass is 10.1. The Labute approximate surface area is 148 Å². The van der Waals surface area contributed by atoms with Crippen LogP contribution in [0.25, 0.3) is 0 Å². The number of pyridine rings is 1. The minimum absolute atomic E-state index is 0.292. The highest BCUT2D eigenvalue weighted by Crippen LogP contribution is 2.12. The van der Waals surface area contributed by atoms with Crippen LogP contribution in [0.4, 0.5) is 10.9 Å². The molecule has 128 valence electrons. The lowest BCUT2D eigenvalue weighted by molar-refractivity contribution is 0.102. The number of rotatable bonds is 7. The summed E-state index contributed by atoms with van der Waals surface area (Å²) < 4.78 is 0. The number of hydrogen-bond acceptors (Lipinski definition) is 7. The molecule has 0 radical (unpaired) electrons. The molecule has 25 heavy (non-hydrogen) atoms. The first kappa shape index (κ1) is 17.0. The van der Waals surface area contributed by atoms with E-state index in [1.807, 2.05) is 30.3 Å². The number of amides is 1. The molecule has 0 fully saturated rings. The van der Waals surface area contributed by atoms with Crippen LogP contribution in [0.1, 0.15) is 15.9 Å². The van der Waals surface area contributed by atoms with E-state index >= 15 is 0 Å². The van der Waals surface area contributed by atoms with Crippen LogP contribution in [-0.2, 0) is 6.42 Å². The Morgan fingerprint density at radius 2 is 2.04 bits per heavy atom. The second kappa shape index (κ2) is 8.32. The van der Waals surface area contributed by atoms with Crippen LogP contribution in [0.2, 0.25) is 0 Å². The van der Waals surface area contributed by atoms with Crippen LogP contribution in [-0.4, -0.2) is 38.8 Å². The molecule has 2 heterocycles. The Hall–Kier alpha value is -2.84. The maximum absolute atomic E-state index is 12.0. The second-order valence-corrected chi connectivity index (χ2v) is 6.19. The minimum atomic E-state index is -0.524. The number of carbonyl (C=O) groups excluding carboxylic acids is 1. The summed E-state index contributed by atoms with van der Waals surface area (Å²) in [7, 11) is 0. The van der Waals surface area contributed by atoms with Gasteiger partial charge in [-0.1, -0.05) is 41.7 Å². The highest BCUT2D eigenvalue weighted by Gasteiger charge is 2.09. The van der Waals surface area contributed by atoms with Crippen LogP contribution in [0.3, 0.4) is 0 Å². The van der Waals surface area contributed by atoms with E-state index in [2.05, 4.69) is 25.8 Å². The summed E-state index contributed by atoms with van der Waals surface area (Å²) in [6.07, 6.45) is 1.52. The molecule has 1 unspecified atom stereocenters. The van der Waals surface area contributed by atoms with Crippen LogP contribution >= 0.6 is 11.3 Å². The van der Waals surface area contributed by atoms with Crippen molar-refractivity contribution >= 4 is 28.2 Å². The van der Waals surface area contributed by atoms with Crippen molar-refractivity contribution in [1.82, 2.24) is 15.2 Å². The normalized spacial score (nSPS) is 11.7. The topological polar surface area (TPSA) is 100 Å². The molecule has 0 saturated carbocycles. The van der Waals surface area contributed by atoms with Crippen molar-refractivity contribution in [3.8, 4) is 0 Å². The largest absolute Gasteiger partial charge is 0.391 e. The zero-order valence-corrected chi connectivity index (χ0v) is 14.1. The zero-order chi connectivity index (χ0) is 17.5. The highest BCUT2D eigenvalue weighted by atomic mass is 32.1. The third-order valence-electron chi connectivity index (χ3n) is 3.44. The number of anilines is 2. The molecule has 0 aliphatic rings. The van der Waals surface area contributed by atoms with Crippen molar-refractivity contribution in [2.75, 3.05) is 17.2 Å². The van der Waals surface area contributed by atoms with Gasteiger partial charge in [-0.15, -0.1) is 10.2 Å². The third kappa shape index (κ3) is 5.07. The first-order valence-electron chi connectivity index (χ1n) is 7.70. The fourth-order valence-corrected chi connectivity index (χ4v) is 2.65. The summed E-state index contributed by atoms with van der Waals surface area (Å²) >= 11 is 1.25. The van der Waals surface area contributed by atoms with Crippen LogP contribution in [0, 0.1) is 0 Å². The van der Waals surface area contributed by atoms with Gasteiger partial charge in [-0.2, -0.15) is 0 Å². The molecular formula is C17H17N5O2S. The number of aliphatic hydroxyl groups excluding tert-OH is 1. The van der Waals surface area contributed by atoms with Gasteiger partial charge in [-0.25, -0.2) is 4.98 Å². The van der Waals surface area contributed by atoms with Gasteiger partial charge in [0.2, 0.25) is 5.13 Å². The summed E-state index contributed by atoms with van der Waals surface area (Å²) in [5.74, 6) is 0.305. The molecule has 2 aromatic heterocycles. The average molecular weight is 355 g/mol. The maximum Gasteiger partial charge on any atom is 0.259 e. The van der Waals surface area contributed by atoms with Crippen molar-refractivity contribution in [1.29, 1.82) is 0 Å². The summed E-state index contributed by atoms with van der Waals surface area (Å²) in [5.41, 5.74) is 3.04. The number of aromatic nitrogens is 3. The summed E-state index contributed by atoms with van der Waals surface area (Å²) in [6, 6.07) is 13.2. The van der Waals surface area contributed by atoms with Crippen molar-refractivity contribution in [3.63, 3.8) is 0 Å². The van der Waals surface area contributed by atoms with Gasteiger partial charge >= 0.3 is 0 Å². The molecule has 7 nitrogen and oxygen atoms in total. The van der Waals surface area contributed by atoms with Gasteiger partial charge in [0.1, 0.15) is 11.3 Å². The van der Waals surface area contributed by atoms with Crippen LogP contribution in [0.15, 0.2) is 54.2 Å². The van der Waals surface area contributed by atoms with Crippen LogP contribution in [0.5, 0.6) is 0 Å². The highest BCUT2D eigenvalue weighted by molar-refractivity contribution is 7.13. The zero-order valence-electron chi connectivity index (χ0n) is 13.3. The SMILES string of the molecule is O=C(Nc1nncs1)c1ccc(NCC(O)Cc2ccccc2)nc1. The fraction of sp³-hybridized carbons (Fsp3) is 0.176. The molecule has 0 aliphatic heterocycles. The molecule has 3 aromatic rings. The lowest BCUT2D eigenvalue weighted by Crippen LogP contribution is -2.22. The fourth-order valence-electron chi connectivity index (χ4n) is 2.21. The molecule has 1 amide bonds. The molecule has 3 N–H and O–H groups in total. The molecular weight excluding hydrogens is 338 g/mol. The number of hydrogen-bond donors (Lipinski definition) is 3. The molecule has 1 atom stereocenters. The van der Waals surface area contributed by atoms with E-state index in [1.54, 1.807) is 17.6 Å². The van der Waals surface area contributed by atoms with Crippen molar-refractivity contribution in [2.45, 2.75) is 12.5 Å². The number of benzene rings is 1. The van der Waals surface area contributed by atoms with Crippen molar-refractivity contribution in [3.05, 3.63) is 65.3 Å². The monoisotopic (exact) mass is 355 g/mol. The standard InChI is InChI=1S/C17H17N5O2S/c23-14(8-12-4-2-1-3-5-12)10-19-15-7-6-13(9-18-15)16(24)21-17-22-20-11-25-17/h1-7,9,11,14,23H,8,10H2,(H,18,19)(H,21,22,24). The first-order valence-corrected chi connectivity index (χ1v) is 8.58. The van der Waals surface area contributed by atoms with Gasteiger partial charge < -0.3 is 10.4 Å². The van der Waals surface area contributed by atoms with E-state index in [0.717, 1.165) is 5.56 Å². The number of aliphatic hydroxyl groups is 1. The summed E-state index contributed by atoms with van der Waals surface area (Å²) in [4.78, 5) is 16.2. The van der Waals surface area contributed by atoms with E-state index in [0.29, 0.717) is 29.5 Å². The molecule has 0 bridgehead atoms. The molecule has 3 rings (SSSR count). The predicted molar refractivity (Wildman–Crippen MR) is 96.7 cm³/mol. The molecule has 1 aromatic carbocycles. The van der Waals surface area contributed by atoms with E-state index in [9.17, 15) is 9.90 Å². The second-order valence-electron chi connectivity index (χ2n) is 5.35. The number of nitrogens with zero attached hydrogens (tertiary/aromatic N) is 3.